The maximum Gasteiger partial charge on any atom is 0.164 e. The standard InChI is InChI=1S/C24H20ClNO2/c1-15-21-12-16(14-26-18-10-8-17(25)9-11-18)19-6-4-5-7-20(19)22(21)13-23(27-2)24(15)28-3/h4-14H,1-3H3. The summed E-state index contributed by atoms with van der Waals surface area (Å²) in [5.74, 6) is 1.49. The Morgan fingerprint density at radius 1 is 0.821 bits per heavy atom. The van der Waals surface area contributed by atoms with Crippen molar-refractivity contribution in [3.8, 4) is 11.5 Å². The number of aryl methyl sites for hydroxylation is 1. The van der Waals surface area contributed by atoms with Crippen LogP contribution in [0.3, 0.4) is 0 Å². The molecule has 0 spiro atoms. The molecule has 0 fully saturated rings. The van der Waals surface area contributed by atoms with Gasteiger partial charge in [-0.3, -0.25) is 4.99 Å². The zero-order valence-electron chi connectivity index (χ0n) is 16.0. The van der Waals surface area contributed by atoms with E-state index < -0.39 is 0 Å². The minimum atomic E-state index is 0.701. The number of ether oxygens (including phenoxy) is 2. The second-order valence-corrected chi connectivity index (χ2v) is 7.01. The molecule has 0 aliphatic heterocycles. The summed E-state index contributed by atoms with van der Waals surface area (Å²) in [5, 5.41) is 5.25. The average molecular weight is 390 g/mol. The molecule has 0 heterocycles. The van der Waals surface area contributed by atoms with Crippen molar-refractivity contribution in [1.82, 2.24) is 0 Å². The highest BCUT2D eigenvalue weighted by atomic mass is 35.5. The molecular formula is C24H20ClNO2. The van der Waals surface area contributed by atoms with Crippen LogP contribution in [-0.4, -0.2) is 20.4 Å². The molecule has 28 heavy (non-hydrogen) atoms. The van der Waals surface area contributed by atoms with Gasteiger partial charge in [0.2, 0.25) is 0 Å². The Hall–Kier alpha value is -3.04. The molecule has 3 nitrogen and oxygen atoms in total. The van der Waals surface area contributed by atoms with E-state index in [0.29, 0.717) is 5.02 Å². The summed E-state index contributed by atoms with van der Waals surface area (Å²) >= 11 is 5.97. The monoisotopic (exact) mass is 389 g/mol. The summed E-state index contributed by atoms with van der Waals surface area (Å²) in [6, 6.07) is 20.0. The van der Waals surface area contributed by atoms with Gasteiger partial charge in [0.25, 0.3) is 0 Å². The number of halogens is 1. The summed E-state index contributed by atoms with van der Waals surface area (Å²) in [5.41, 5.74) is 2.95. The molecule has 0 N–H and O–H groups in total. The van der Waals surface area contributed by atoms with Crippen LogP contribution in [0.1, 0.15) is 11.1 Å². The largest absolute Gasteiger partial charge is 0.493 e. The molecule has 0 aliphatic rings. The fourth-order valence-corrected chi connectivity index (χ4v) is 3.70. The molecule has 0 unspecified atom stereocenters. The molecule has 0 radical (unpaired) electrons. The van der Waals surface area contributed by atoms with E-state index in [1.54, 1.807) is 14.2 Å². The lowest BCUT2D eigenvalue weighted by Crippen LogP contribution is -1.96. The molecule has 4 aromatic rings. The number of methoxy groups -OCH3 is 2. The zero-order valence-corrected chi connectivity index (χ0v) is 16.7. The summed E-state index contributed by atoms with van der Waals surface area (Å²) in [6.45, 7) is 2.05. The van der Waals surface area contributed by atoms with Crippen molar-refractivity contribution in [2.24, 2.45) is 4.99 Å². The van der Waals surface area contributed by atoms with E-state index in [9.17, 15) is 0 Å². The van der Waals surface area contributed by atoms with Crippen molar-refractivity contribution in [2.75, 3.05) is 14.2 Å². The van der Waals surface area contributed by atoms with Gasteiger partial charge in [-0.1, -0.05) is 35.9 Å². The van der Waals surface area contributed by atoms with E-state index in [4.69, 9.17) is 21.1 Å². The summed E-state index contributed by atoms with van der Waals surface area (Å²) in [6.07, 6.45) is 1.90. The molecule has 4 heteroatoms. The predicted molar refractivity (Wildman–Crippen MR) is 118 cm³/mol. The molecular weight excluding hydrogens is 370 g/mol. The molecule has 0 bridgehead atoms. The Morgan fingerprint density at radius 3 is 2.21 bits per heavy atom. The van der Waals surface area contributed by atoms with Crippen molar-refractivity contribution in [3.05, 3.63) is 76.8 Å². The SMILES string of the molecule is COc1cc2c(cc(C=Nc3ccc(Cl)cc3)c3ccccc32)c(C)c1OC. The first-order valence-electron chi connectivity index (χ1n) is 8.99. The zero-order chi connectivity index (χ0) is 19.7. The number of hydrogen-bond donors (Lipinski definition) is 0. The van der Waals surface area contributed by atoms with E-state index in [1.807, 2.05) is 48.7 Å². The fraction of sp³-hybridized carbons (Fsp3) is 0.125. The number of aliphatic imine (C=N–C) groups is 1. The van der Waals surface area contributed by atoms with Crippen LogP contribution >= 0.6 is 11.6 Å². The molecule has 0 saturated carbocycles. The highest BCUT2D eigenvalue weighted by Crippen LogP contribution is 2.40. The molecule has 4 aromatic carbocycles. The predicted octanol–water partition coefficient (Wildman–Crippen LogP) is 6.72. The number of fused-ring (bicyclic) bond motifs is 3. The first-order valence-corrected chi connectivity index (χ1v) is 9.37. The van der Waals surface area contributed by atoms with Crippen molar-refractivity contribution in [2.45, 2.75) is 6.92 Å². The molecule has 0 aliphatic carbocycles. The summed E-state index contributed by atoms with van der Waals surface area (Å²) in [7, 11) is 3.33. The highest BCUT2D eigenvalue weighted by Gasteiger charge is 2.15. The first-order chi connectivity index (χ1) is 13.6. The van der Waals surface area contributed by atoms with Gasteiger partial charge < -0.3 is 9.47 Å². The van der Waals surface area contributed by atoms with Crippen LogP contribution in [-0.2, 0) is 0 Å². The number of nitrogens with zero attached hydrogens (tertiary/aromatic N) is 1. The van der Waals surface area contributed by atoms with Crippen LogP contribution in [0.25, 0.3) is 21.5 Å². The lowest BCUT2D eigenvalue weighted by atomic mass is 9.94. The van der Waals surface area contributed by atoms with Gasteiger partial charge in [0.05, 0.1) is 19.9 Å². The van der Waals surface area contributed by atoms with Gasteiger partial charge in [-0.05, 0) is 64.9 Å². The quantitative estimate of drug-likeness (QED) is 0.286. The molecule has 0 aromatic heterocycles. The van der Waals surface area contributed by atoms with Gasteiger partial charge in [-0.2, -0.15) is 0 Å². The second kappa shape index (κ2) is 7.53. The Labute approximate surface area is 169 Å². The van der Waals surface area contributed by atoms with E-state index in [-0.39, 0.29) is 0 Å². The van der Waals surface area contributed by atoms with Crippen molar-refractivity contribution in [1.29, 1.82) is 0 Å². The highest BCUT2D eigenvalue weighted by molar-refractivity contribution is 6.30. The molecule has 0 atom stereocenters. The third-order valence-corrected chi connectivity index (χ3v) is 5.22. The van der Waals surface area contributed by atoms with Crippen LogP contribution in [0, 0.1) is 6.92 Å². The maximum absolute atomic E-state index is 5.97. The van der Waals surface area contributed by atoms with Crippen LogP contribution in [0.5, 0.6) is 11.5 Å². The van der Waals surface area contributed by atoms with Gasteiger partial charge in [0, 0.05) is 22.4 Å². The Morgan fingerprint density at radius 2 is 1.54 bits per heavy atom. The smallest absolute Gasteiger partial charge is 0.164 e. The van der Waals surface area contributed by atoms with Crippen molar-refractivity contribution < 1.29 is 9.47 Å². The average Bonchev–Trinajstić information content (AvgIpc) is 2.73. The van der Waals surface area contributed by atoms with Crippen LogP contribution in [0.15, 0.2) is 65.7 Å². The minimum Gasteiger partial charge on any atom is -0.493 e. The Bertz CT molecular complexity index is 1200. The van der Waals surface area contributed by atoms with E-state index in [0.717, 1.165) is 49.9 Å². The van der Waals surface area contributed by atoms with Gasteiger partial charge >= 0.3 is 0 Å². The number of hydrogen-bond acceptors (Lipinski definition) is 3. The second-order valence-electron chi connectivity index (χ2n) is 6.58. The van der Waals surface area contributed by atoms with Crippen molar-refractivity contribution in [3.63, 3.8) is 0 Å². The van der Waals surface area contributed by atoms with Crippen LogP contribution in [0.4, 0.5) is 5.69 Å². The third-order valence-electron chi connectivity index (χ3n) is 4.97. The van der Waals surface area contributed by atoms with Crippen molar-refractivity contribution >= 4 is 45.0 Å². The molecule has 0 saturated heterocycles. The maximum atomic E-state index is 5.97. The lowest BCUT2D eigenvalue weighted by Gasteiger charge is -2.16. The normalized spacial score (nSPS) is 11.4. The van der Waals surface area contributed by atoms with E-state index in [1.165, 1.54) is 0 Å². The van der Waals surface area contributed by atoms with Crippen LogP contribution < -0.4 is 9.47 Å². The third kappa shape index (κ3) is 3.19. The number of rotatable bonds is 4. The van der Waals surface area contributed by atoms with E-state index >= 15 is 0 Å². The first kappa shape index (κ1) is 18.3. The molecule has 0 amide bonds. The van der Waals surface area contributed by atoms with E-state index in [2.05, 4.69) is 30.1 Å². The Kier molecular flexibility index (Phi) is 4.93. The fourth-order valence-electron chi connectivity index (χ4n) is 3.58. The summed E-state index contributed by atoms with van der Waals surface area (Å²) in [4.78, 5) is 4.64. The molecule has 140 valence electrons. The van der Waals surface area contributed by atoms with Gasteiger partial charge in [-0.15, -0.1) is 0 Å². The minimum absolute atomic E-state index is 0.701. The summed E-state index contributed by atoms with van der Waals surface area (Å²) < 4.78 is 11.2. The Balaban J connectivity index is 1.97. The van der Waals surface area contributed by atoms with Gasteiger partial charge in [0.15, 0.2) is 11.5 Å². The number of benzene rings is 4. The van der Waals surface area contributed by atoms with Gasteiger partial charge in [-0.25, -0.2) is 0 Å². The van der Waals surface area contributed by atoms with Crippen LogP contribution in [0.2, 0.25) is 5.02 Å². The lowest BCUT2D eigenvalue weighted by molar-refractivity contribution is 0.354. The topological polar surface area (TPSA) is 30.8 Å². The van der Waals surface area contributed by atoms with Gasteiger partial charge in [0.1, 0.15) is 0 Å². The molecule has 4 rings (SSSR count).